The van der Waals surface area contributed by atoms with E-state index in [0.717, 1.165) is 19.4 Å². The molecule has 1 aliphatic carbocycles. The minimum absolute atomic E-state index is 0.0610. The van der Waals surface area contributed by atoms with Gasteiger partial charge in [0.25, 0.3) is 0 Å². The average molecular weight is 234 g/mol. The lowest BCUT2D eigenvalue weighted by Crippen LogP contribution is -2.54. The molecule has 0 saturated heterocycles. The van der Waals surface area contributed by atoms with Gasteiger partial charge in [0, 0.05) is 24.4 Å². The zero-order valence-electron chi connectivity index (χ0n) is 9.46. The van der Waals surface area contributed by atoms with Crippen molar-refractivity contribution >= 4 is 9.84 Å². The highest BCUT2D eigenvalue weighted by molar-refractivity contribution is 7.91. The largest absolute Gasteiger partial charge is 0.324 e. The minimum Gasteiger partial charge on any atom is -0.324 e. The van der Waals surface area contributed by atoms with Crippen LogP contribution in [0.4, 0.5) is 0 Å². The van der Waals surface area contributed by atoms with Crippen LogP contribution in [-0.2, 0) is 9.84 Å². The molecule has 0 heterocycles. The maximum atomic E-state index is 11.4. The van der Waals surface area contributed by atoms with Crippen LogP contribution in [0, 0.1) is 0 Å². The van der Waals surface area contributed by atoms with Gasteiger partial charge in [0.1, 0.15) is 0 Å². The Hall–Kier alpha value is -0.130. The summed E-state index contributed by atoms with van der Waals surface area (Å²) in [4.78, 5) is 0. The highest BCUT2D eigenvalue weighted by atomic mass is 32.2. The van der Waals surface area contributed by atoms with E-state index in [2.05, 4.69) is 5.32 Å². The van der Waals surface area contributed by atoms with E-state index in [1.807, 2.05) is 6.92 Å². The van der Waals surface area contributed by atoms with Gasteiger partial charge in [0.05, 0.1) is 5.75 Å². The van der Waals surface area contributed by atoms with Crippen LogP contribution in [0.15, 0.2) is 0 Å². The van der Waals surface area contributed by atoms with E-state index in [1.165, 1.54) is 6.42 Å². The van der Waals surface area contributed by atoms with Crippen molar-refractivity contribution < 1.29 is 8.42 Å². The lowest BCUT2D eigenvalue weighted by molar-refractivity contribution is 0.241. The molecule has 0 unspecified atom stereocenters. The number of hydrogen-bond donors (Lipinski definition) is 2. The third-order valence-electron chi connectivity index (χ3n) is 2.93. The zero-order valence-corrected chi connectivity index (χ0v) is 10.3. The summed E-state index contributed by atoms with van der Waals surface area (Å²) in [6.45, 7) is 3.16. The Balaban J connectivity index is 2.11. The highest BCUT2D eigenvalue weighted by Crippen LogP contribution is 2.27. The van der Waals surface area contributed by atoms with Crippen molar-refractivity contribution in [2.24, 2.45) is 5.73 Å². The normalized spacial score (nSPS) is 19.9. The SMILES string of the molecule is CCCS(=O)(=O)CCNCC1(N)CCC1. The molecule has 0 atom stereocenters. The van der Waals surface area contributed by atoms with Crippen LogP contribution in [0.5, 0.6) is 0 Å². The molecule has 1 fully saturated rings. The van der Waals surface area contributed by atoms with Crippen LogP contribution < -0.4 is 11.1 Å². The van der Waals surface area contributed by atoms with Crippen LogP contribution >= 0.6 is 0 Å². The first-order chi connectivity index (χ1) is 6.97. The van der Waals surface area contributed by atoms with E-state index in [4.69, 9.17) is 5.73 Å². The standard InChI is InChI=1S/C10H22N2O2S/c1-2-7-15(13,14)8-6-12-9-10(11)4-3-5-10/h12H,2-9,11H2,1H3. The molecule has 5 heteroatoms. The summed E-state index contributed by atoms with van der Waals surface area (Å²) in [5.74, 6) is 0.527. The molecule has 0 aromatic heterocycles. The van der Waals surface area contributed by atoms with Crippen molar-refractivity contribution in [2.75, 3.05) is 24.6 Å². The van der Waals surface area contributed by atoms with Crippen LogP contribution in [0.2, 0.25) is 0 Å². The molecule has 0 aliphatic heterocycles. The Morgan fingerprint density at radius 1 is 1.33 bits per heavy atom. The van der Waals surface area contributed by atoms with Crippen molar-refractivity contribution in [3.05, 3.63) is 0 Å². The molecule has 1 saturated carbocycles. The van der Waals surface area contributed by atoms with Gasteiger partial charge in [0.15, 0.2) is 9.84 Å². The number of hydrogen-bond acceptors (Lipinski definition) is 4. The maximum absolute atomic E-state index is 11.4. The molecule has 1 rings (SSSR count). The Morgan fingerprint density at radius 2 is 2.00 bits per heavy atom. The van der Waals surface area contributed by atoms with E-state index in [0.29, 0.717) is 18.7 Å². The van der Waals surface area contributed by atoms with Gasteiger partial charge < -0.3 is 11.1 Å². The van der Waals surface area contributed by atoms with Gasteiger partial charge in [0.2, 0.25) is 0 Å². The first kappa shape index (κ1) is 12.9. The molecule has 3 N–H and O–H groups in total. The minimum atomic E-state index is -2.84. The quantitative estimate of drug-likeness (QED) is 0.621. The van der Waals surface area contributed by atoms with Crippen molar-refractivity contribution in [3.8, 4) is 0 Å². The van der Waals surface area contributed by atoms with E-state index < -0.39 is 9.84 Å². The molecule has 0 aromatic carbocycles. The summed E-state index contributed by atoms with van der Waals surface area (Å²) >= 11 is 0. The lowest BCUT2D eigenvalue weighted by atomic mass is 9.78. The lowest BCUT2D eigenvalue weighted by Gasteiger charge is -2.38. The van der Waals surface area contributed by atoms with Gasteiger partial charge in [-0.2, -0.15) is 0 Å². The second-order valence-corrected chi connectivity index (χ2v) is 6.85. The Labute approximate surface area is 92.5 Å². The predicted molar refractivity (Wildman–Crippen MR) is 62.6 cm³/mol. The van der Waals surface area contributed by atoms with Gasteiger partial charge >= 0.3 is 0 Å². The molecule has 1 aliphatic rings. The summed E-state index contributed by atoms with van der Waals surface area (Å²) in [7, 11) is -2.84. The summed E-state index contributed by atoms with van der Waals surface area (Å²) in [5.41, 5.74) is 5.94. The van der Waals surface area contributed by atoms with E-state index in [9.17, 15) is 8.42 Å². The molecular formula is C10H22N2O2S. The van der Waals surface area contributed by atoms with Crippen molar-refractivity contribution in [1.82, 2.24) is 5.32 Å². The second-order valence-electron chi connectivity index (χ2n) is 4.54. The summed E-state index contributed by atoms with van der Waals surface area (Å²) in [6.07, 6.45) is 4.01. The fourth-order valence-electron chi connectivity index (χ4n) is 1.79. The molecule has 0 bridgehead atoms. The molecule has 4 nitrogen and oxygen atoms in total. The Kier molecular flexibility index (Phi) is 4.55. The fourth-order valence-corrected chi connectivity index (χ4v) is 3.07. The molecular weight excluding hydrogens is 212 g/mol. The Morgan fingerprint density at radius 3 is 2.47 bits per heavy atom. The predicted octanol–water partition coefficient (Wildman–Crippen LogP) is 0.282. The van der Waals surface area contributed by atoms with Gasteiger partial charge in [-0.3, -0.25) is 0 Å². The highest BCUT2D eigenvalue weighted by Gasteiger charge is 2.31. The van der Waals surface area contributed by atoms with Crippen molar-refractivity contribution in [3.63, 3.8) is 0 Å². The van der Waals surface area contributed by atoms with Crippen LogP contribution in [0.3, 0.4) is 0 Å². The number of nitrogens with two attached hydrogens (primary N) is 1. The molecule has 0 amide bonds. The van der Waals surface area contributed by atoms with Crippen LogP contribution in [-0.4, -0.2) is 38.6 Å². The van der Waals surface area contributed by atoms with Crippen molar-refractivity contribution in [2.45, 2.75) is 38.1 Å². The van der Waals surface area contributed by atoms with E-state index in [1.54, 1.807) is 0 Å². The van der Waals surface area contributed by atoms with Gasteiger partial charge in [-0.05, 0) is 25.7 Å². The smallest absolute Gasteiger partial charge is 0.151 e. The maximum Gasteiger partial charge on any atom is 0.151 e. The number of nitrogens with one attached hydrogen (secondary N) is 1. The monoisotopic (exact) mass is 234 g/mol. The van der Waals surface area contributed by atoms with Crippen LogP contribution in [0.25, 0.3) is 0 Å². The molecule has 15 heavy (non-hydrogen) atoms. The summed E-state index contributed by atoms with van der Waals surface area (Å²) in [6, 6.07) is 0. The Bertz CT molecular complexity index is 284. The van der Waals surface area contributed by atoms with E-state index in [-0.39, 0.29) is 11.3 Å². The van der Waals surface area contributed by atoms with Gasteiger partial charge in [-0.25, -0.2) is 8.42 Å². The second kappa shape index (κ2) is 5.27. The van der Waals surface area contributed by atoms with Gasteiger partial charge in [-0.1, -0.05) is 6.92 Å². The first-order valence-electron chi connectivity index (χ1n) is 5.67. The summed E-state index contributed by atoms with van der Waals surface area (Å²) in [5, 5.41) is 3.14. The molecule has 90 valence electrons. The first-order valence-corrected chi connectivity index (χ1v) is 7.50. The zero-order chi connectivity index (χ0) is 11.4. The number of rotatable bonds is 7. The van der Waals surface area contributed by atoms with Crippen LogP contribution in [0.1, 0.15) is 32.6 Å². The molecule has 0 radical (unpaired) electrons. The third kappa shape index (κ3) is 4.49. The third-order valence-corrected chi connectivity index (χ3v) is 4.79. The molecule has 0 aromatic rings. The average Bonchev–Trinajstić information content (AvgIpc) is 2.09. The van der Waals surface area contributed by atoms with E-state index >= 15 is 0 Å². The summed E-state index contributed by atoms with van der Waals surface area (Å²) < 4.78 is 22.7. The molecule has 0 spiro atoms. The topological polar surface area (TPSA) is 72.2 Å². The van der Waals surface area contributed by atoms with Gasteiger partial charge in [-0.15, -0.1) is 0 Å². The fraction of sp³-hybridized carbons (Fsp3) is 1.00. The number of sulfone groups is 1. The van der Waals surface area contributed by atoms with Crippen molar-refractivity contribution in [1.29, 1.82) is 0 Å².